The fourth-order valence-corrected chi connectivity index (χ4v) is 4.03. The van der Waals surface area contributed by atoms with Gasteiger partial charge in [-0.15, -0.1) is 0 Å². The van der Waals surface area contributed by atoms with E-state index in [1.807, 2.05) is 12.1 Å². The van der Waals surface area contributed by atoms with Crippen molar-refractivity contribution in [2.24, 2.45) is 5.92 Å². The Kier molecular flexibility index (Phi) is 7.86. The van der Waals surface area contributed by atoms with Gasteiger partial charge in [0.2, 0.25) is 5.91 Å². The first kappa shape index (κ1) is 24.0. The molecule has 0 spiro atoms. The van der Waals surface area contributed by atoms with Crippen LogP contribution in [0.5, 0.6) is 5.75 Å². The van der Waals surface area contributed by atoms with E-state index in [0.717, 1.165) is 11.1 Å². The minimum atomic E-state index is -1.50. The molecule has 33 heavy (non-hydrogen) atoms. The Morgan fingerprint density at radius 2 is 1.88 bits per heavy atom. The molecule has 3 amide bonds. The van der Waals surface area contributed by atoms with Crippen molar-refractivity contribution in [2.75, 3.05) is 6.61 Å². The van der Waals surface area contributed by atoms with Gasteiger partial charge in [0.25, 0.3) is 5.91 Å². The number of aliphatic hydroxyl groups is 1. The molecule has 0 heterocycles. The fraction of sp³-hybridized carbons (Fsp3) is 0.348. The Morgan fingerprint density at radius 1 is 1.12 bits per heavy atom. The van der Waals surface area contributed by atoms with E-state index in [4.69, 9.17) is 4.74 Å². The highest BCUT2D eigenvalue weighted by Gasteiger charge is 2.39. The molecule has 176 valence electrons. The van der Waals surface area contributed by atoms with Crippen molar-refractivity contribution in [1.82, 2.24) is 16.1 Å². The summed E-state index contributed by atoms with van der Waals surface area (Å²) in [5.74, 6) is -2.89. The van der Waals surface area contributed by atoms with Crippen LogP contribution < -0.4 is 16.1 Å². The zero-order valence-electron chi connectivity index (χ0n) is 18.0. The van der Waals surface area contributed by atoms with E-state index in [1.54, 1.807) is 31.2 Å². The molecule has 2 aromatic carbocycles. The van der Waals surface area contributed by atoms with Crippen molar-refractivity contribution in [3.63, 3.8) is 0 Å². The molecule has 1 aliphatic rings. The summed E-state index contributed by atoms with van der Waals surface area (Å²) in [6.45, 7) is 1.62. The third-order valence-electron chi connectivity index (χ3n) is 5.55. The summed E-state index contributed by atoms with van der Waals surface area (Å²) in [6.07, 6.45) is -1.50. The Labute approximate surface area is 190 Å². The number of aliphatic hydroxyl groups excluding tert-OH is 1. The number of hydrogen-bond donors (Lipinski definition) is 6. The van der Waals surface area contributed by atoms with Crippen molar-refractivity contribution in [3.05, 3.63) is 65.2 Å². The number of benzene rings is 2. The van der Waals surface area contributed by atoms with Gasteiger partial charge in [-0.25, -0.2) is 10.3 Å². The SMILES string of the molecule is CCOC(=O)NC(C(=O)NO)C(Cc1cccc(O)c1)C(=O)NC1c2ccccc2CC1O. The summed E-state index contributed by atoms with van der Waals surface area (Å²) in [6, 6.07) is 11.2. The number of hydroxylamine groups is 1. The molecule has 10 heteroatoms. The molecule has 4 atom stereocenters. The van der Waals surface area contributed by atoms with Crippen LogP contribution in [-0.4, -0.2) is 52.1 Å². The highest BCUT2D eigenvalue weighted by atomic mass is 16.5. The molecular weight excluding hydrogens is 430 g/mol. The lowest BCUT2D eigenvalue weighted by Crippen LogP contribution is -2.55. The smallest absolute Gasteiger partial charge is 0.407 e. The third kappa shape index (κ3) is 5.79. The van der Waals surface area contributed by atoms with E-state index in [2.05, 4.69) is 10.6 Å². The van der Waals surface area contributed by atoms with Gasteiger partial charge in [0.05, 0.1) is 24.7 Å². The van der Waals surface area contributed by atoms with E-state index in [-0.39, 0.29) is 18.8 Å². The molecule has 0 bridgehead atoms. The highest BCUT2D eigenvalue weighted by molar-refractivity contribution is 5.92. The van der Waals surface area contributed by atoms with Crippen molar-refractivity contribution in [3.8, 4) is 5.75 Å². The summed E-state index contributed by atoms with van der Waals surface area (Å²) in [7, 11) is 0. The maximum Gasteiger partial charge on any atom is 0.407 e. The number of nitrogens with one attached hydrogen (secondary N) is 3. The fourth-order valence-electron chi connectivity index (χ4n) is 4.03. The summed E-state index contributed by atoms with van der Waals surface area (Å²) in [5.41, 5.74) is 3.65. The second-order valence-corrected chi connectivity index (χ2v) is 7.76. The van der Waals surface area contributed by atoms with E-state index in [1.165, 1.54) is 17.6 Å². The Bertz CT molecular complexity index is 1010. The first-order valence-electron chi connectivity index (χ1n) is 10.6. The number of phenolic OH excluding ortho intramolecular Hbond substituents is 1. The van der Waals surface area contributed by atoms with Gasteiger partial charge in [-0.05, 0) is 42.2 Å². The Hall–Kier alpha value is -3.63. The lowest BCUT2D eigenvalue weighted by atomic mass is 9.90. The van der Waals surface area contributed by atoms with Gasteiger partial charge in [0, 0.05) is 6.42 Å². The third-order valence-corrected chi connectivity index (χ3v) is 5.55. The maximum atomic E-state index is 13.4. The molecule has 2 aromatic rings. The number of alkyl carbamates (subject to hydrolysis) is 1. The summed E-state index contributed by atoms with van der Waals surface area (Å²) >= 11 is 0. The van der Waals surface area contributed by atoms with E-state index < -0.39 is 42.0 Å². The van der Waals surface area contributed by atoms with E-state index in [0.29, 0.717) is 12.0 Å². The van der Waals surface area contributed by atoms with Crippen molar-refractivity contribution in [2.45, 2.75) is 38.0 Å². The number of aromatic hydroxyl groups is 1. The van der Waals surface area contributed by atoms with Gasteiger partial charge < -0.3 is 25.6 Å². The normalized spacial score (nSPS) is 18.5. The molecule has 0 aliphatic heterocycles. The van der Waals surface area contributed by atoms with Crippen LogP contribution in [0.15, 0.2) is 48.5 Å². The number of amides is 3. The molecule has 0 saturated heterocycles. The largest absolute Gasteiger partial charge is 0.508 e. The number of carbonyl (C=O) groups is 3. The van der Waals surface area contributed by atoms with Crippen LogP contribution >= 0.6 is 0 Å². The average molecular weight is 457 g/mol. The van der Waals surface area contributed by atoms with Gasteiger partial charge in [-0.2, -0.15) is 0 Å². The number of carbonyl (C=O) groups excluding carboxylic acids is 3. The molecule has 4 unspecified atom stereocenters. The standard InChI is InChI=1S/C23H27N3O7/c1-2-33-23(31)25-20(22(30)26-32)17(11-13-6-5-8-15(27)10-13)21(29)24-19-16-9-4-3-7-14(16)12-18(19)28/h3-10,17-20,27-28,32H,2,11-12H2,1H3,(H,24,29)(H,25,31)(H,26,30). The van der Waals surface area contributed by atoms with Gasteiger partial charge in [0.1, 0.15) is 11.8 Å². The minimum absolute atomic E-state index is 0.0340. The van der Waals surface area contributed by atoms with Gasteiger partial charge in [0.15, 0.2) is 0 Å². The number of rotatable bonds is 8. The number of phenols is 1. The predicted molar refractivity (Wildman–Crippen MR) is 116 cm³/mol. The number of hydrogen-bond acceptors (Lipinski definition) is 7. The zero-order chi connectivity index (χ0) is 24.0. The van der Waals surface area contributed by atoms with Crippen LogP contribution in [0.2, 0.25) is 0 Å². The van der Waals surface area contributed by atoms with Gasteiger partial charge in [-0.1, -0.05) is 36.4 Å². The Morgan fingerprint density at radius 3 is 2.58 bits per heavy atom. The topological polar surface area (TPSA) is 157 Å². The summed E-state index contributed by atoms with van der Waals surface area (Å²) in [4.78, 5) is 37.9. The Balaban J connectivity index is 1.91. The van der Waals surface area contributed by atoms with E-state index in [9.17, 15) is 29.8 Å². The lowest BCUT2D eigenvalue weighted by Gasteiger charge is -2.28. The summed E-state index contributed by atoms with van der Waals surface area (Å²) < 4.78 is 4.84. The molecule has 1 aliphatic carbocycles. The van der Waals surface area contributed by atoms with Crippen molar-refractivity contribution < 1.29 is 34.5 Å². The number of ether oxygens (including phenoxy) is 1. The molecule has 0 aromatic heterocycles. The molecule has 10 nitrogen and oxygen atoms in total. The van der Waals surface area contributed by atoms with Crippen LogP contribution in [0.25, 0.3) is 0 Å². The molecule has 3 rings (SSSR count). The number of fused-ring (bicyclic) bond motifs is 1. The van der Waals surface area contributed by atoms with Crippen LogP contribution in [0.1, 0.15) is 29.7 Å². The van der Waals surface area contributed by atoms with Crippen molar-refractivity contribution >= 4 is 17.9 Å². The van der Waals surface area contributed by atoms with Crippen LogP contribution in [0, 0.1) is 5.92 Å². The first-order chi connectivity index (χ1) is 15.8. The van der Waals surface area contributed by atoms with Gasteiger partial charge >= 0.3 is 6.09 Å². The summed E-state index contributed by atoms with van der Waals surface area (Å²) in [5, 5.41) is 34.7. The second kappa shape index (κ2) is 10.8. The van der Waals surface area contributed by atoms with Crippen LogP contribution in [0.4, 0.5) is 4.79 Å². The van der Waals surface area contributed by atoms with E-state index >= 15 is 0 Å². The lowest BCUT2D eigenvalue weighted by molar-refractivity contribution is -0.138. The van der Waals surface area contributed by atoms with Gasteiger partial charge in [-0.3, -0.25) is 14.8 Å². The molecule has 6 N–H and O–H groups in total. The second-order valence-electron chi connectivity index (χ2n) is 7.76. The molecular formula is C23H27N3O7. The van der Waals surface area contributed by atoms with Crippen LogP contribution in [0.3, 0.4) is 0 Å². The zero-order valence-corrected chi connectivity index (χ0v) is 18.0. The first-order valence-corrected chi connectivity index (χ1v) is 10.6. The highest BCUT2D eigenvalue weighted by Crippen LogP contribution is 2.32. The predicted octanol–water partition coefficient (Wildman–Crippen LogP) is 0.945. The van der Waals surface area contributed by atoms with Crippen molar-refractivity contribution in [1.29, 1.82) is 0 Å². The molecule has 0 saturated carbocycles. The minimum Gasteiger partial charge on any atom is -0.508 e. The monoisotopic (exact) mass is 457 g/mol. The average Bonchev–Trinajstić information content (AvgIpc) is 3.10. The molecule has 0 fully saturated rings. The van der Waals surface area contributed by atoms with Crippen LogP contribution in [-0.2, 0) is 27.2 Å². The quantitative estimate of drug-likeness (QED) is 0.254. The molecule has 0 radical (unpaired) electrons. The maximum absolute atomic E-state index is 13.4.